The third-order valence-electron chi connectivity index (χ3n) is 3.95. The molecule has 7 heteroatoms. The summed E-state index contributed by atoms with van der Waals surface area (Å²) in [5, 5.41) is 14.3. The molecular weight excluding hydrogens is 299 g/mol. The lowest BCUT2D eigenvalue weighted by Crippen LogP contribution is -2.37. The molecule has 1 unspecified atom stereocenters. The summed E-state index contributed by atoms with van der Waals surface area (Å²) in [4.78, 5) is 18.0. The first kappa shape index (κ1) is 15.6. The maximum atomic E-state index is 13.0. The highest BCUT2D eigenvalue weighted by Crippen LogP contribution is 2.29. The first-order valence-electron chi connectivity index (χ1n) is 7.69. The molecule has 1 N–H and O–H groups in total. The molecule has 3 rings (SSSR count). The molecule has 1 aliphatic carbocycles. The Hall–Kier alpha value is -2.28. The predicted molar refractivity (Wildman–Crippen MR) is 80.7 cm³/mol. The molecule has 0 spiro atoms. The molecule has 1 aromatic carbocycles. The minimum Gasteiger partial charge on any atom is -0.387 e. The Balaban J connectivity index is 1.59. The van der Waals surface area contributed by atoms with E-state index in [1.807, 2.05) is 0 Å². The Bertz CT molecular complexity index is 641. The van der Waals surface area contributed by atoms with Crippen molar-refractivity contribution in [3.63, 3.8) is 0 Å². The van der Waals surface area contributed by atoms with E-state index in [0.29, 0.717) is 18.5 Å². The molecular formula is C16H19FN4O2. The highest BCUT2D eigenvalue weighted by atomic mass is 19.1. The van der Waals surface area contributed by atoms with Gasteiger partial charge in [-0.05, 0) is 30.5 Å². The van der Waals surface area contributed by atoms with E-state index in [1.54, 1.807) is 28.0 Å². The third kappa shape index (κ3) is 4.13. The van der Waals surface area contributed by atoms with E-state index in [0.717, 1.165) is 12.8 Å². The van der Waals surface area contributed by atoms with Gasteiger partial charge in [0, 0.05) is 12.5 Å². The maximum Gasteiger partial charge on any atom is 0.224 e. The highest BCUT2D eigenvalue weighted by Gasteiger charge is 2.33. The van der Waals surface area contributed by atoms with Crippen LogP contribution in [0.25, 0.3) is 0 Å². The average Bonchev–Trinajstić information content (AvgIpc) is 3.26. The molecule has 0 aliphatic heterocycles. The summed E-state index contributed by atoms with van der Waals surface area (Å²) in [5.41, 5.74) is 0.612. The van der Waals surface area contributed by atoms with Crippen molar-refractivity contribution in [3.8, 4) is 0 Å². The van der Waals surface area contributed by atoms with E-state index < -0.39 is 6.10 Å². The number of aryl methyl sites for hydroxylation is 1. The van der Waals surface area contributed by atoms with Gasteiger partial charge in [-0.15, -0.1) is 0 Å². The highest BCUT2D eigenvalue weighted by molar-refractivity contribution is 5.76. The molecule has 1 aromatic heterocycles. The van der Waals surface area contributed by atoms with Crippen LogP contribution < -0.4 is 0 Å². The smallest absolute Gasteiger partial charge is 0.224 e. The van der Waals surface area contributed by atoms with Crippen molar-refractivity contribution in [3.05, 3.63) is 48.3 Å². The van der Waals surface area contributed by atoms with E-state index in [-0.39, 0.29) is 24.3 Å². The zero-order valence-electron chi connectivity index (χ0n) is 12.7. The number of halogens is 1. The second-order valence-electron chi connectivity index (χ2n) is 5.75. The zero-order chi connectivity index (χ0) is 16.2. The largest absolute Gasteiger partial charge is 0.387 e. The topological polar surface area (TPSA) is 71.2 Å². The van der Waals surface area contributed by atoms with E-state index in [1.165, 1.54) is 18.5 Å². The van der Waals surface area contributed by atoms with Crippen LogP contribution in [0.2, 0.25) is 0 Å². The zero-order valence-corrected chi connectivity index (χ0v) is 12.7. The summed E-state index contributed by atoms with van der Waals surface area (Å²) in [6.45, 7) is 0.696. The summed E-state index contributed by atoms with van der Waals surface area (Å²) in [6.07, 6.45) is 4.43. The van der Waals surface area contributed by atoms with E-state index in [4.69, 9.17) is 0 Å². The van der Waals surface area contributed by atoms with Crippen LogP contribution in [0.4, 0.5) is 4.39 Å². The second-order valence-corrected chi connectivity index (χ2v) is 5.75. The summed E-state index contributed by atoms with van der Waals surface area (Å²) < 4.78 is 14.6. The number of hydrogen-bond donors (Lipinski definition) is 1. The van der Waals surface area contributed by atoms with Gasteiger partial charge in [0.15, 0.2) is 0 Å². The van der Waals surface area contributed by atoms with Crippen LogP contribution >= 0.6 is 0 Å². The number of aliphatic hydroxyl groups is 1. The number of carbonyl (C=O) groups excluding carboxylic acids is 1. The fourth-order valence-electron chi connectivity index (χ4n) is 2.52. The Morgan fingerprint density at radius 3 is 2.74 bits per heavy atom. The monoisotopic (exact) mass is 318 g/mol. The van der Waals surface area contributed by atoms with Crippen molar-refractivity contribution in [1.82, 2.24) is 19.7 Å². The Morgan fingerprint density at radius 1 is 1.39 bits per heavy atom. The molecule has 1 heterocycles. The molecule has 1 saturated carbocycles. The van der Waals surface area contributed by atoms with E-state index in [2.05, 4.69) is 10.1 Å². The number of aliphatic hydroxyl groups excluding tert-OH is 1. The third-order valence-corrected chi connectivity index (χ3v) is 3.95. The van der Waals surface area contributed by atoms with Crippen molar-refractivity contribution in [2.75, 3.05) is 6.54 Å². The average molecular weight is 318 g/mol. The molecule has 1 aliphatic rings. The van der Waals surface area contributed by atoms with E-state index in [9.17, 15) is 14.3 Å². The lowest BCUT2D eigenvalue weighted by Gasteiger charge is -2.25. The van der Waals surface area contributed by atoms with Gasteiger partial charge in [-0.25, -0.2) is 9.37 Å². The van der Waals surface area contributed by atoms with Gasteiger partial charge in [-0.2, -0.15) is 5.10 Å². The van der Waals surface area contributed by atoms with Crippen molar-refractivity contribution < 1.29 is 14.3 Å². The fourth-order valence-corrected chi connectivity index (χ4v) is 2.52. The lowest BCUT2D eigenvalue weighted by molar-refractivity contribution is -0.133. The summed E-state index contributed by atoms with van der Waals surface area (Å²) in [5.74, 6) is -0.354. The van der Waals surface area contributed by atoms with E-state index >= 15 is 0 Å². The van der Waals surface area contributed by atoms with Crippen LogP contribution in [-0.2, 0) is 11.3 Å². The molecule has 1 atom stereocenters. The van der Waals surface area contributed by atoms with Crippen LogP contribution in [-0.4, -0.2) is 43.3 Å². The number of aromatic nitrogens is 3. The van der Waals surface area contributed by atoms with Gasteiger partial charge < -0.3 is 10.0 Å². The van der Waals surface area contributed by atoms with Crippen LogP contribution in [0.5, 0.6) is 0 Å². The maximum absolute atomic E-state index is 13.0. The molecule has 122 valence electrons. The quantitative estimate of drug-likeness (QED) is 0.840. The molecule has 1 amide bonds. The molecule has 1 fully saturated rings. The number of carbonyl (C=O) groups is 1. The minimum atomic E-state index is -0.813. The van der Waals surface area contributed by atoms with Gasteiger partial charge in [-0.3, -0.25) is 9.48 Å². The summed E-state index contributed by atoms with van der Waals surface area (Å²) >= 11 is 0. The summed E-state index contributed by atoms with van der Waals surface area (Å²) in [7, 11) is 0. The Morgan fingerprint density at radius 2 is 2.13 bits per heavy atom. The molecule has 6 nitrogen and oxygen atoms in total. The van der Waals surface area contributed by atoms with Gasteiger partial charge in [0.1, 0.15) is 18.5 Å². The minimum absolute atomic E-state index is 0.0100. The normalized spacial score (nSPS) is 15.4. The van der Waals surface area contributed by atoms with Crippen molar-refractivity contribution in [2.45, 2.75) is 38.0 Å². The SMILES string of the molecule is O=C(CCn1cncn1)N(CC(O)c1ccc(F)cc1)C1CC1. The second kappa shape index (κ2) is 6.87. The van der Waals surface area contributed by atoms with Crippen LogP contribution in [0.3, 0.4) is 0 Å². The van der Waals surface area contributed by atoms with Gasteiger partial charge in [0.25, 0.3) is 0 Å². The van der Waals surface area contributed by atoms with Gasteiger partial charge in [0.05, 0.1) is 19.2 Å². The fraction of sp³-hybridized carbons (Fsp3) is 0.438. The van der Waals surface area contributed by atoms with Crippen molar-refractivity contribution >= 4 is 5.91 Å². The Labute approximate surface area is 133 Å². The molecule has 0 saturated heterocycles. The number of nitrogens with zero attached hydrogens (tertiary/aromatic N) is 4. The van der Waals surface area contributed by atoms with Crippen LogP contribution in [0.1, 0.15) is 30.9 Å². The number of rotatable bonds is 7. The Kier molecular flexibility index (Phi) is 4.66. The first-order valence-corrected chi connectivity index (χ1v) is 7.69. The van der Waals surface area contributed by atoms with Gasteiger partial charge in [-0.1, -0.05) is 12.1 Å². The predicted octanol–water partition coefficient (Wildman–Crippen LogP) is 1.53. The van der Waals surface area contributed by atoms with Crippen LogP contribution in [0, 0.1) is 5.82 Å². The number of benzene rings is 1. The molecule has 0 radical (unpaired) electrons. The van der Waals surface area contributed by atoms with Crippen molar-refractivity contribution in [2.24, 2.45) is 0 Å². The van der Waals surface area contributed by atoms with Crippen molar-refractivity contribution in [1.29, 1.82) is 0 Å². The summed E-state index contributed by atoms with van der Waals surface area (Å²) in [6, 6.07) is 5.92. The standard InChI is InChI=1S/C16H19FN4O2/c17-13-3-1-12(2-4-13)15(22)9-21(14-5-6-14)16(23)7-8-20-11-18-10-19-20/h1-4,10-11,14-15,22H,5-9H2. The number of amides is 1. The van der Waals surface area contributed by atoms with Crippen LogP contribution in [0.15, 0.2) is 36.9 Å². The lowest BCUT2D eigenvalue weighted by atomic mass is 10.1. The van der Waals surface area contributed by atoms with Gasteiger partial charge >= 0.3 is 0 Å². The molecule has 23 heavy (non-hydrogen) atoms. The first-order chi connectivity index (χ1) is 11.1. The van der Waals surface area contributed by atoms with Gasteiger partial charge in [0.2, 0.25) is 5.91 Å². The number of hydrogen-bond acceptors (Lipinski definition) is 4. The molecule has 2 aromatic rings. The molecule has 0 bridgehead atoms.